The molecular formula is C12H22N2O2S. The first kappa shape index (κ1) is 13.0. The van der Waals surface area contributed by atoms with Crippen LogP contribution in [0.4, 0.5) is 4.79 Å². The van der Waals surface area contributed by atoms with Crippen molar-refractivity contribution in [3.8, 4) is 0 Å². The van der Waals surface area contributed by atoms with E-state index < -0.39 is 5.60 Å². The number of carbonyl (C=O) groups is 1. The molecule has 2 aliphatic rings. The smallest absolute Gasteiger partial charge is 0.410 e. The van der Waals surface area contributed by atoms with Gasteiger partial charge in [0.1, 0.15) is 5.60 Å². The Hall–Kier alpha value is -0.420. The third-order valence-corrected chi connectivity index (χ3v) is 4.40. The summed E-state index contributed by atoms with van der Waals surface area (Å²) in [6.07, 6.45) is 0.874. The monoisotopic (exact) mass is 258 g/mol. The summed E-state index contributed by atoms with van der Waals surface area (Å²) in [5, 5.41) is 4.06. The van der Waals surface area contributed by atoms with E-state index in [1.807, 2.05) is 37.4 Å². The molecule has 0 aromatic carbocycles. The van der Waals surface area contributed by atoms with Gasteiger partial charge in [-0.3, -0.25) is 0 Å². The second kappa shape index (κ2) is 5.06. The molecule has 98 valence electrons. The normalized spacial score (nSPS) is 29.7. The number of nitrogens with zero attached hydrogens (tertiary/aromatic N) is 1. The second-order valence-electron chi connectivity index (χ2n) is 5.68. The minimum atomic E-state index is -0.397. The summed E-state index contributed by atoms with van der Waals surface area (Å²) < 4.78 is 5.41. The number of fused-ring (bicyclic) bond motifs is 1. The number of piperidine rings is 1. The van der Waals surface area contributed by atoms with Gasteiger partial charge >= 0.3 is 6.09 Å². The van der Waals surface area contributed by atoms with Crippen LogP contribution in [0.15, 0.2) is 0 Å². The molecule has 2 heterocycles. The summed E-state index contributed by atoms with van der Waals surface area (Å²) in [5.74, 6) is 1.14. The van der Waals surface area contributed by atoms with Crippen LogP contribution in [0.3, 0.4) is 0 Å². The summed E-state index contributed by atoms with van der Waals surface area (Å²) in [7, 11) is 0. The van der Waals surface area contributed by atoms with Crippen LogP contribution in [0.1, 0.15) is 27.2 Å². The van der Waals surface area contributed by atoms with Gasteiger partial charge in [0, 0.05) is 36.7 Å². The van der Waals surface area contributed by atoms with E-state index in [4.69, 9.17) is 4.74 Å². The van der Waals surface area contributed by atoms with Crippen molar-refractivity contribution in [2.75, 3.05) is 25.4 Å². The van der Waals surface area contributed by atoms with Gasteiger partial charge in [0.15, 0.2) is 0 Å². The zero-order valence-electron chi connectivity index (χ0n) is 10.9. The Morgan fingerprint density at radius 3 is 2.94 bits per heavy atom. The van der Waals surface area contributed by atoms with Crippen LogP contribution in [0.25, 0.3) is 0 Å². The molecule has 0 saturated carbocycles. The molecule has 4 nitrogen and oxygen atoms in total. The fourth-order valence-electron chi connectivity index (χ4n) is 2.27. The Balaban J connectivity index is 1.89. The Labute approximate surface area is 107 Å². The molecule has 2 fully saturated rings. The molecule has 1 N–H and O–H groups in total. The second-order valence-corrected chi connectivity index (χ2v) is 7.03. The lowest BCUT2D eigenvalue weighted by molar-refractivity contribution is 0.0203. The fraction of sp³-hybridized carbons (Fsp3) is 0.917. The lowest BCUT2D eigenvalue weighted by Gasteiger charge is -2.41. The van der Waals surface area contributed by atoms with E-state index in [0.29, 0.717) is 11.3 Å². The lowest BCUT2D eigenvalue weighted by atomic mass is 10.0. The van der Waals surface area contributed by atoms with E-state index in [1.54, 1.807) is 0 Å². The average molecular weight is 258 g/mol. The van der Waals surface area contributed by atoms with Crippen LogP contribution in [0.2, 0.25) is 0 Å². The highest BCUT2D eigenvalue weighted by atomic mass is 32.2. The van der Waals surface area contributed by atoms with Crippen LogP contribution in [-0.4, -0.2) is 53.3 Å². The standard InChI is InChI=1S/C12H22N2O2S/c1-12(2,3)16-11(15)14-6-4-9-10(8-14)17-7-5-13-9/h9-10,13H,4-8H2,1-3H3. The molecule has 0 bridgehead atoms. The quantitative estimate of drug-likeness (QED) is 0.718. The van der Waals surface area contributed by atoms with Crippen LogP contribution in [-0.2, 0) is 4.74 Å². The minimum absolute atomic E-state index is 0.165. The van der Waals surface area contributed by atoms with Crippen molar-refractivity contribution >= 4 is 17.9 Å². The largest absolute Gasteiger partial charge is 0.444 e. The number of rotatable bonds is 0. The SMILES string of the molecule is CC(C)(C)OC(=O)N1CCC2NCCSC2C1. The molecule has 0 aromatic heterocycles. The number of thioether (sulfide) groups is 1. The van der Waals surface area contributed by atoms with E-state index in [-0.39, 0.29) is 6.09 Å². The van der Waals surface area contributed by atoms with E-state index in [2.05, 4.69) is 5.32 Å². The number of likely N-dealkylation sites (tertiary alicyclic amines) is 1. The van der Waals surface area contributed by atoms with Crippen LogP contribution < -0.4 is 5.32 Å². The Morgan fingerprint density at radius 2 is 2.24 bits per heavy atom. The van der Waals surface area contributed by atoms with Gasteiger partial charge in [0.2, 0.25) is 0 Å². The molecular weight excluding hydrogens is 236 g/mol. The number of nitrogens with one attached hydrogen (secondary N) is 1. The predicted octanol–water partition coefficient (Wildman–Crippen LogP) is 1.70. The highest BCUT2D eigenvalue weighted by molar-refractivity contribution is 8.00. The molecule has 2 unspecified atom stereocenters. The van der Waals surface area contributed by atoms with Crippen molar-refractivity contribution < 1.29 is 9.53 Å². The molecule has 0 aromatic rings. The minimum Gasteiger partial charge on any atom is -0.444 e. The molecule has 17 heavy (non-hydrogen) atoms. The van der Waals surface area contributed by atoms with Gasteiger partial charge in [0.25, 0.3) is 0 Å². The number of ether oxygens (including phenoxy) is 1. The summed E-state index contributed by atoms with van der Waals surface area (Å²) in [5.41, 5.74) is -0.397. The van der Waals surface area contributed by atoms with Gasteiger partial charge in [-0.15, -0.1) is 0 Å². The fourth-order valence-corrected chi connectivity index (χ4v) is 3.55. The highest BCUT2D eigenvalue weighted by Gasteiger charge is 2.34. The highest BCUT2D eigenvalue weighted by Crippen LogP contribution is 2.26. The molecule has 5 heteroatoms. The van der Waals surface area contributed by atoms with Crippen molar-refractivity contribution in [1.29, 1.82) is 0 Å². The number of hydrogen-bond donors (Lipinski definition) is 1. The third-order valence-electron chi connectivity index (χ3n) is 3.05. The van der Waals surface area contributed by atoms with Crippen molar-refractivity contribution in [1.82, 2.24) is 10.2 Å². The first-order valence-corrected chi connectivity index (χ1v) is 7.33. The van der Waals surface area contributed by atoms with E-state index in [9.17, 15) is 4.79 Å². The van der Waals surface area contributed by atoms with E-state index in [1.165, 1.54) is 0 Å². The third kappa shape index (κ3) is 3.52. The van der Waals surface area contributed by atoms with Gasteiger partial charge in [-0.1, -0.05) is 0 Å². The van der Waals surface area contributed by atoms with Crippen molar-refractivity contribution in [2.45, 2.75) is 44.1 Å². The van der Waals surface area contributed by atoms with Crippen LogP contribution in [0, 0.1) is 0 Å². The van der Waals surface area contributed by atoms with Gasteiger partial charge in [-0.05, 0) is 27.2 Å². The van der Waals surface area contributed by atoms with Gasteiger partial charge in [0.05, 0.1) is 0 Å². The van der Waals surface area contributed by atoms with Gasteiger partial charge in [-0.25, -0.2) is 4.79 Å². The average Bonchev–Trinajstić information content (AvgIpc) is 2.26. The zero-order chi connectivity index (χ0) is 12.5. The molecule has 2 saturated heterocycles. The summed E-state index contributed by atoms with van der Waals surface area (Å²) >= 11 is 1.97. The molecule has 0 radical (unpaired) electrons. The number of hydrogen-bond acceptors (Lipinski definition) is 4. The maximum absolute atomic E-state index is 12.0. The summed E-state index contributed by atoms with van der Waals surface area (Å²) in [6.45, 7) is 8.46. The first-order chi connectivity index (χ1) is 7.96. The first-order valence-electron chi connectivity index (χ1n) is 6.28. The Bertz CT molecular complexity index is 291. The van der Waals surface area contributed by atoms with Crippen LogP contribution in [0.5, 0.6) is 0 Å². The molecule has 2 rings (SSSR count). The topological polar surface area (TPSA) is 41.6 Å². The number of carbonyl (C=O) groups excluding carboxylic acids is 1. The van der Waals surface area contributed by atoms with Gasteiger partial charge in [-0.2, -0.15) is 11.8 Å². The Morgan fingerprint density at radius 1 is 1.47 bits per heavy atom. The maximum atomic E-state index is 12.0. The molecule has 2 aliphatic heterocycles. The number of amides is 1. The molecule has 1 amide bonds. The molecule has 0 spiro atoms. The maximum Gasteiger partial charge on any atom is 0.410 e. The van der Waals surface area contributed by atoms with E-state index >= 15 is 0 Å². The zero-order valence-corrected chi connectivity index (χ0v) is 11.7. The van der Waals surface area contributed by atoms with Gasteiger partial charge < -0.3 is 15.0 Å². The summed E-state index contributed by atoms with van der Waals surface area (Å²) in [6, 6.07) is 0.576. The molecule has 2 atom stereocenters. The van der Waals surface area contributed by atoms with Crippen molar-refractivity contribution in [3.63, 3.8) is 0 Å². The predicted molar refractivity (Wildman–Crippen MR) is 70.5 cm³/mol. The van der Waals surface area contributed by atoms with E-state index in [0.717, 1.165) is 31.8 Å². The Kier molecular flexibility index (Phi) is 3.88. The van der Waals surface area contributed by atoms with Crippen LogP contribution >= 0.6 is 11.8 Å². The summed E-state index contributed by atoms with van der Waals surface area (Å²) in [4.78, 5) is 13.8. The van der Waals surface area contributed by atoms with Crippen molar-refractivity contribution in [3.05, 3.63) is 0 Å². The molecule has 0 aliphatic carbocycles. The van der Waals surface area contributed by atoms with Crippen molar-refractivity contribution in [2.24, 2.45) is 0 Å². The lowest BCUT2D eigenvalue weighted by Crippen LogP contribution is -2.56.